The molecule has 158 valence electrons. The number of nitrogens with zero attached hydrogens (tertiary/aromatic N) is 1. The van der Waals surface area contributed by atoms with Gasteiger partial charge in [0.2, 0.25) is 0 Å². The summed E-state index contributed by atoms with van der Waals surface area (Å²) in [7, 11) is 0. The Balaban J connectivity index is 1.44. The van der Waals surface area contributed by atoms with Gasteiger partial charge in [-0.3, -0.25) is 0 Å². The normalized spacial score (nSPS) is 21.4. The molecule has 1 fully saturated rings. The summed E-state index contributed by atoms with van der Waals surface area (Å²) < 4.78 is 25.1. The highest BCUT2D eigenvalue weighted by atomic mass is 19.1. The van der Waals surface area contributed by atoms with Gasteiger partial charge in [0.05, 0.1) is 6.04 Å². The van der Waals surface area contributed by atoms with Gasteiger partial charge < -0.3 is 19.7 Å². The highest BCUT2D eigenvalue weighted by molar-refractivity contribution is 5.76. The third-order valence-electron chi connectivity index (χ3n) is 6.83. The van der Waals surface area contributed by atoms with Crippen LogP contribution in [0.5, 0.6) is 11.5 Å². The van der Waals surface area contributed by atoms with E-state index in [2.05, 4.69) is 24.4 Å². The largest absolute Gasteiger partial charge is 0.486 e. The number of rotatable bonds is 2. The first-order valence-corrected chi connectivity index (χ1v) is 10.8. The maximum atomic E-state index is 13.5. The summed E-state index contributed by atoms with van der Waals surface area (Å²) in [5.74, 6) is 1.29. The van der Waals surface area contributed by atoms with E-state index >= 15 is 0 Å². The topological polar surface area (TPSA) is 50.8 Å². The second kappa shape index (κ2) is 7.49. The lowest BCUT2D eigenvalue weighted by Crippen LogP contribution is -2.51. The molecule has 1 aliphatic carbocycles. The molecule has 2 aromatic rings. The number of fused-ring (bicyclic) bond motifs is 3. The SMILES string of the molecule is CC1c2cc3c(cc2C2(CCCC2)CN1C(=O)NCc1cccc(F)c1)OCCO3. The number of benzene rings is 2. The molecule has 1 spiro atoms. The minimum absolute atomic E-state index is 0.0339. The molecule has 5 rings (SSSR count). The summed E-state index contributed by atoms with van der Waals surface area (Å²) in [6.07, 6.45) is 4.47. The zero-order chi connectivity index (χ0) is 20.7. The number of ether oxygens (including phenoxy) is 2. The molecule has 0 bridgehead atoms. The van der Waals surface area contributed by atoms with Crippen LogP contribution < -0.4 is 14.8 Å². The van der Waals surface area contributed by atoms with E-state index in [1.54, 1.807) is 6.07 Å². The Morgan fingerprint density at radius 3 is 2.63 bits per heavy atom. The van der Waals surface area contributed by atoms with Crippen molar-refractivity contribution in [1.82, 2.24) is 10.2 Å². The van der Waals surface area contributed by atoms with Crippen LogP contribution in [0.3, 0.4) is 0 Å². The van der Waals surface area contributed by atoms with Crippen LogP contribution in [0.15, 0.2) is 36.4 Å². The number of nitrogens with one attached hydrogen (secondary N) is 1. The van der Waals surface area contributed by atoms with Crippen LogP contribution in [0.1, 0.15) is 55.3 Å². The van der Waals surface area contributed by atoms with E-state index in [1.807, 2.05) is 11.0 Å². The van der Waals surface area contributed by atoms with Crippen molar-refractivity contribution in [1.29, 1.82) is 0 Å². The van der Waals surface area contributed by atoms with Gasteiger partial charge in [0.15, 0.2) is 11.5 Å². The maximum Gasteiger partial charge on any atom is 0.318 e. The smallest absolute Gasteiger partial charge is 0.318 e. The van der Waals surface area contributed by atoms with E-state index in [4.69, 9.17) is 9.47 Å². The number of carbonyl (C=O) groups excluding carboxylic acids is 1. The second-order valence-electron chi connectivity index (χ2n) is 8.66. The molecule has 5 nitrogen and oxygen atoms in total. The zero-order valence-electron chi connectivity index (χ0n) is 17.2. The Hall–Kier alpha value is -2.76. The van der Waals surface area contributed by atoms with Crippen LogP contribution in [0.2, 0.25) is 0 Å². The molecular weight excluding hydrogens is 383 g/mol. The Kier molecular flexibility index (Phi) is 4.80. The van der Waals surface area contributed by atoms with E-state index < -0.39 is 0 Å². The summed E-state index contributed by atoms with van der Waals surface area (Å²) in [4.78, 5) is 15.1. The van der Waals surface area contributed by atoms with Crippen LogP contribution in [0.4, 0.5) is 9.18 Å². The predicted molar refractivity (Wildman–Crippen MR) is 111 cm³/mol. The first-order chi connectivity index (χ1) is 14.6. The number of amides is 2. The van der Waals surface area contributed by atoms with Gasteiger partial charge in [-0.15, -0.1) is 0 Å². The monoisotopic (exact) mass is 410 g/mol. The number of carbonyl (C=O) groups is 1. The van der Waals surface area contributed by atoms with Crippen LogP contribution >= 0.6 is 0 Å². The molecule has 0 radical (unpaired) electrons. The van der Waals surface area contributed by atoms with Crippen molar-refractivity contribution in [3.8, 4) is 11.5 Å². The van der Waals surface area contributed by atoms with Crippen molar-refractivity contribution in [2.24, 2.45) is 0 Å². The Morgan fingerprint density at radius 2 is 1.90 bits per heavy atom. The molecule has 6 heteroatoms. The van der Waals surface area contributed by atoms with Gasteiger partial charge in [-0.1, -0.05) is 25.0 Å². The van der Waals surface area contributed by atoms with E-state index in [9.17, 15) is 9.18 Å². The lowest BCUT2D eigenvalue weighted by molar-refractivity contribution is 0.140. The first kappa shape index (κ1) is 19.2. The fourth-order valence-electron chi connectivity index (χ4n) is 5.28. The maximum absolute atomic E-state index is 13.5. The summed E-state index contributed by atoms with van der Waals surface area (Å²) in [5, 5.41) is 2.99. The molecule has 0 saturated heterocycles. The van der Waals surface area contributed by atoms with Crippen LogP contribution in [0, 0.1) is 5.82 Å². The average molecular weight is 410 g/mol. The molecule has 1 saturated carbocycles. The molecule has 1 N–H and O–H groups in total. The minimum Gasteiger partial charge on any atom is -0.486 e. The third kappa shape index (κ3) is 3.28. The minimum atomic E-state index is -0.293. The highest BCUT2D eigenvalue weighted by Crippen LogP contribution is 2.51. The van der Waals surface area contributed by atoms with Gasteiger partial charge >= 0.3 is 6.03 Å². The quantitative estimate of drug-likeness (QED) is 0.781. The van der Waals surface area contributed by atoms with Gasteiger partial charge in [-0.05, 0) is 60.7 Å². The van der Waals surface area contributed by atoms with E-state index in [0.29, 0.717) is 26.3 Å². The molecule has 2 heterocycles. The first-order valence-electron chi connectivity index (χ1n) is 10.8. The standard InChI is InChI=1S/C24H27FN2O3/c1-16-19-12-21-22(30-10-9-29-21)13-20(19)24(7-2-3-8-24)15-27(16)23(28)26-14-17-5-4-6-18(25)11-17/h4-6,11-13,16H,2-3,7-10,14-15H2,1H3,(H,26,28). The Labute approximate surface area is 176 Å². The predicted octanol–water partition coefficient (Wildman–Crippen LogP) is 4.70. The van der Waals surface area contributed by atoms with Crippen LogP contribution in [-0.2, 0) is 12.0 Å². The van der Waals surface area contributed by atoms with Crippen molar-refractivity contribution in [2.75, 3.05) is 19.8 Å². The molecule has 2 aliphatic heterocycles. The molecule has 1 atom stereocenters. The van der Waals surface area contributed by atoms with E-state index in [-0.39, 0.29) is 23.3 Å². The zero-order valence-corrected chi connectivity index (χ0v) is 17.2. The summed E-state index contributed by atoms with van der Waals surface area (Å²) in [6.45, 7) is 4.18. The summed E-state index contributed by atoms with van der Waals surface area (Å²) in [5.41, 5.74) is 3.18. The van der Waals surface area contributed by atoms with E-state index in [1.165, 1.54) is 30.5 Å². The van der Waals surface area contributed by atoms with Gasteiger partial charge in [0.1, 0.15) is 19.0 Å². The lowest BCUT2D eigenvalue weighted by Gasteiger charge is -2.46. The Bertz CT molecular complexity index is 971. The van der Waals surface area contributed by atoms with Crippen molar-refractivity contribution in [3.63, 3.8) is 0 Å². The molecule has 2 amide bonds. The molecular formula is C24H27FN2O3. The van der Waals surface area contributed by atoms with Crippen molar-refractivity contribution in [2.45, 2.75) is 50.6 Å². The van der Waals surface area contributed by atoms with Gasteiger partial charge in [-0.25, -0.2) is 9.18 Å². The number of hydrogen-bond acceptors (Lipinski definition) is 3. The molecule has 30 heavy (non-hydrogen) atoms. The molecule has 2 aromatic carbocycles. The van der Waals surface area contributed by atoms with Gasteiger partial charge in [0, 0.05) is 18.5 Å². The fraction of sp³-hybridized carbons (Fsp3) is 0.458. The summed E-state index contributed by atoms with van der Waals surface area (Å²) in [6, 6.07) is 10.4. The van der Waals surface area contributed by atoms with Crippen molar-refractivity contribution in [3.05, 3.63) is 58.9 Å². The number of hydrogen-bond donors (Lipinski definition) is 1. The van der Waals surface area contributed by atoms with Gasteiger partial charge in [0.25, 0.3) is 0 Å². The third-order valence-corrected chi connectivity index (χ3v) is 6.83. The lowest BCUT2D eigenvalue weighted by atomic mass is 9.71. The number of halogens is 1. The van der Waals surface area contributed by atoms with Crippen molar-refractivity contribution >= 4 is 6.03 Å². The van der Waals surface area contributed by atoms with Gasteiger partial charge in [-0.2, -0.15) is 0 Å². The van der Waals surface area contributed by atoms with Crippen LogP contribution in [-0.4, -0.2) is 30.7 Å². The molecule has 1 unspecified atom stereocenters. The fourth-order valence-corrected chi connectivity index (χ4v) is 5.28. The van der Waals surface area contributed by atoms with E-state index in [0.717, 1.165) is 35.5 Å². The van der Waals surface area contributed by atoms with Crippen LogP contribution in [0.25, 0.3) is 0 Å². The molecule has 0 aromatic heterocycles. The summed E-state index contributed by atoms with van der Waals surface area (Å²) >= 11 is 0. The Morgan fingerprint density at radius 1 is 1.17 bits per heavy atom. The average Bonchev–Trinajstić information content (AvgIpc) is 3.23. The second-order valence-corrected chi connectivity index (χ2v) is 8.66. The highest BCUT2D eigenvalue weighted by Gasteiger charge is 2.46. The van der Waals surface area contributed by atoms with Crippen molar-refractivity contribution < 1.29 is 18.7 Å². The number of urea groups is 1. The molecule has 3 aliphatic rings.